The largest absolute Gasteiger partial charge is 0.298 e. The summed E-state index contributed by atoms with van der Waals surface area (Å²) in [4.78, 5) is 2.75. The van der Waals surface area contributed by atoms with Crippen LogP contribution in [-0.4, -0.2) is 30.2 Å². The fourth-order valence-electron chi connectivity index (χ4n) is 4.70. The fraction of sp³-hybridized carbons (Fsp3) is 1.00. The van der Waals surface area contributed by atoms with E-state index in [1.54, 1.807) is 0 Å². The first-order chi connectivity index (χ1) is 10.4. The standard InChI is InChI=1S/C22H46BN/c1-18(2,3)21(10)16-22(11,23(12)19(4,5)6)14-13-15-24(17-21)20(7,8)9/h13-17H2,1-12H3. The van der Waals surface area contributed by atoms with Crippen LogP contribution in [0.1, 0.15) is 95.4 Å². The molecule has 2 unspecified atom stereocenters. The normalized spacial score (nSPS) is 31.5. The zero-order chi connectivity index (χ0) is 19.2. The highest BCUT2D eigenvalue weighted by Gasteiger charge is 2.50. The summed E-state index contributed by atoms with van der Waals surface area (Å²) >= 11 is 0. The minimum atomic E-state index is 0.260. The summed E-state index contributed by atoms with van der Waals surface area (Å²) in [5.41, 5.74) is 0.900. The van der Waals surface area contributed by atoms with Gasteiger partial charge in [-0.15, -0.1) is 0 Å². The third-order valence-electron chi connectivity index (χ3n) is 7.61. The zero-order valence-corrected chi connectivity index (χ0v) is 19.1. The monoisotopic (exact) mass is 335 g/mol. The summed E-state index contributed by atoms with van der Waals surface area (Å²) < 4.78 is 0. The molecule has 1 nitrogen and oxygen atoms in total. The first-order valence-corrected chi connectivity index (χ1v) is 10.2. The number of hydrogen-bond acceptors (Lipinski definition) is 1. The SMILES string of the molecule is CB(C(C)(C)C)C1(C)CCCN(C(C)(C)C)CC(C)(C(C)(C)C)C1. The Kier molecular flexibility index (Phi) is 6.10. The Morgan fingerprint density at radius 2 is 1.38 bits per heavy atom. The van der Waals surface area contributed by atoms with Gasteiger partial charge in [0.15, 0.2) is 0 Å². The molecule has 1 aliphatic rings. The predicted molar refractivity (Wildman–Crippen MR) is 112 cm³/mol. The minimum absolute atomic E-state index is 0.260. The Balaban J connectivity index is 3.28. The van der Waals surface area contributed by atoms with Crippen molar-refractivity contribution in [2.75, 3.05) is 13.1 Å². The molecule has 0 aromatic carbocycles. The zero-order valence-electron chi connectivity index (χ0n) is 19.1. The van der Waals surface area contributed by atoms with E-state index in [0.717, 1.165) is 6.71 Å². The van der Waals surface area contributed by atoms with E-state index in [1.165, 1.54) is 32.4 Å². The van der Waals surface area contributed by atoms with Crippen molar-refractivity contribution in [1.29, 1.82) is 0 Å². The van der Waals surface area contributed by atoms with E-state index < -0.39 is 0 Å². The highest BCUT2D eigenvalue weighted by atomic mass is 15.2. The average Bonchev–Trinajstić information content (AvgIpc) is 2.30. The quantitative estimate of drug-likeness (QED) is 0.466. The predicted octanol–water partition coefficient (Wildman–Crippen LogP) is 7.01. The Labute approximate surface area is 154 Å². The van der Waals surface area contributed by atoms with Gasteiger partial charge in [0.2, 0.25) is 0 Å². The Morgan fingerprint density at radius 3 is 1.75 bits per heavy atom. The van der Waals surface area contributed by atoms with Gasteiger partial charge in [0, 0.05) is 12.1 Å². The van der Waals surface area contributed by atoms with Crippen LogP contribution < -0.4 is 0 Å². The van der Waals surface area contributed by atoms with Crippen molar-refractivity contribution < 1.29 is 0 Å². The van der Waals surface area contributed by atoms with Crippen LogP contribution in [0.25, 0.3) is 0 Å². The smallest absolute Gasteiger partial charge is 0.148 e. The van der Waals surface area contributed by atoms with Gasteiger partial charge in [-0.25, -0.2) is 0 Å². The lowest BCUT2D eigenvalue weighted by Gasteiger charge is -2.56. The molecular weight excluding hydrogens is 289 g/mol. The number of nitrogens with zero attached hydrogens (tertiary/aromatic N) is 1. The van der Waals surface area contributed by atoms with Gasteiger partial charge in [-0.3, -0.25) is 4.90 Å². The number of hydrogen-bond donors (Lipinski definition) is 0. The summed E-state index contributed by atoms with van der Waals surface area (Å²) in [6.45, 7) is 32.6. The second-order valence-electron chi connectivity index (χ2n) is 12.4. The van der Waals surface area contributed by atoms with Crippen molar-refractivity contribution in [3.05, 3.63) is 0 Å². The van der Waals surface area contributed by atoms with Gasteiger partial charge in [0.25, 0.3) is 0 Å². The maximum absolute atomic E-state index is 2.75. The van der Waals surface area contributed by atoms with E-state index in [2.05, 4.69) is 87.9 Å². The molecule has 0 aliphatic carbocycles. The minimum Gasteiger partial charge on any atom is -0.298 e. The summed E-state index contributed by atoms with van der Waals surface area (Å²) in [6, 6.07) is 0. The third kappa shape index (κ3) is 4.80. The molecule has 0 aromatic rings. The molecule has 1 saturated heterocycles. The molecule has 24 heavy (non-hydrogen) atoms. The van der Waals surface area contributed by atoms with E-state index in [9.17, 15) is 0 Å². The van der Waals surface area contributed by atoms with E-state index in [4.69, 9.17) is 0 Å². The van der Waals surface area contributed by atoms with Crippen LogP contribution in [0, 0.1) is 10.8 Å². The molecule has 2 heteroatoms. The average molecular weight is 335 g/mol. The number of likely N-dealkylation sites (tertiary alicyclic amines) is 1. The highest BCUT2D eigenvalue weighted by molar-refractivity contribution is 6.64. The first kappa shape index (κ1) is 22.1. The van der Waals surface area contributed by atoms with Gasteiger partial charge >= 0.3 is 0 Å². The Morgan fingerprint density at radius 1 is 0.875 bits per heavy atom. The molecular formula is C22H46BN. The van der Waals surface area contributed by atoms with E-state index >= 15 is 0 Å². The molecule has 1 heterocycles. The first-order valence-electron chi connectivity index (χ1n) is 10.2. The van der Waals surface area contributed by atoms with Gasteiger partial charge in [0.1, 0.15) is 6.71 Å². The lowest BCUT2D eigenvalue weighted by molar-refractivity contribution is -0.0138. The van der Waals surface area contributed by atoms with Crippen LogP contribution in [0.3, 0.4) is 0 Å². The molecule has 1 aliphatic heterocycles. The summed E-state index contributed by atoms with van der Waals surface area (Å²) in [5, 5.41) is 0.792. The summed E-state index contributed by atoms with van der Waals surface area (Å²) in [5.74, 6) is 0. The van der Waals surface area contributed by atoms with Crippen LogP contribution in [0.4, 0.5) is 0 Å². The molecule has 1 fully saturated rings. The molecule has 0 spiro atoms. The highest BCUT2D eigenvalue weighted by Crippen LogP contribution is 2.57. The fourth-order valence-corrected chi connectivity index (χ4v) is 4.70. The maximum Gasteiger partial charge on any atom is 0.148 e. The molecule has 0 amide bonds. The topological polar surface area (TPSA) is 3.24 Å². The maximum atomic E-state index is 2.75. The summed E-state index contributed by atoms with van der Waals surface area (Å²) in [7, 11) is 0. The van der Waals surface area contributed by atoms with Crippen molar-refractivity contribution in [3.63, 3.8) is 0 Å². The Hall–Kier alpha value is 0.0249. The second-order valence-corrected chi connectivity index (χ2v) is 12.4. The van der Waals surface area contributed by atoms with Crippen molar-refractivity contribution in [2.45, 2.75) is 118 Å². The van der Waals surface area contributed by atoms with Gasteiger partial charge < -0.3 is 0 Å². The molecule has 0 aromatic heterocycles. The molecule has 0 saturated carbocycles. The number of rotatable bonds is 1. The van der Waals surface area contributed by atoms with Crippen molar-refractivity contribution in [2.24, 2.45) is 10.8 Å². The van der Waals surface area contributed by atoms with Gasteiger partial charge in [0.05, 0.1) is 0 Å². The molecule has 1 rings (SSSR count). The molecule has 0 N–H and O–H groups in total. The van der Waals surface area contributed by atoms with Crippen molar-refractivity contribution >= 4 is 6.71 Å². The lowest BCUT2D eigenvalue weighted by atomic mass is 9.22. The molecule has 0 bridgehead atoms. The summed E-state index contributed by atoms with van der Waals surface area (Å²) in [6.07, 6.45) is 4.01. The third-order valence-corrected chi connectivity index (χ3v) is 7.61. The second kappa shape index (κ2) is 6.64. The van der Waals surface area contributed by atoms with Gasteiger partial charge in [-0.05, 0) is 51.0 Å². The van der Waals surface area contributed by atoms with Crippen LogP contribution in [0.15, 0.2) is 0 Å². The van der Waals surface area contributed by atoms with E-state index in [-0.39, 0.29) is 5.54 Å². The Bertz CT molecular complexity index is 423. The molecule has 0 radical (unpaired) electrons. The van der Waals surface area contributed by atoms with Gasteiger partial charge in [-0.1, -0.05) is 79.3 Å². The van der Waals surface area contributed by atoms with E-state index in [0.29, 0.717) is 21.5 Å². The van der Waals surface area contributed by atoms with Gasteiger partial charge in [-0.2, -0.15) is 0 Å². The lowest BCUT2D eigenvalue weighted by Crippen LogP contribution is -2.54. The molecule has 142 valence electrons. The van der Waals surface area contributed by atoms with Crippen LogP contribution in [-0.2, 0) is 0 Å². The van der Waals surface area contributed by atoms with Crippen LogP contribution in [0.5, 0.6) is 0 Å². The van der Waals surface area contributed by atoms with Crippen LogP contribution in [0.2, 0.25) is 17.5 Å². The van der Waals surface area contributed by atoms with Crippen molar-refractivity contribution in [3.8, 4) is 0 Å². The van der Waals surface area contributed by atoms with E-state index in [1.807, 2.05) is 0 Å². The molecule has 2 atom stereocenters. The van der Waals surface area contributed by atoms with Crippen molar-refractivity contribution in [1.82, 2.24) is 4.90 Å². The van der Waals surface area contributed by atoms with Crippen LogP contribution >= 0.6 is 0 Å².